The highest BCUT2D eigenvalue weighted by Crippen LogP contribution is 2.48. The second-order valence-corrected chi connectivity index (χ2v) is 5.46. The molecule has 1 aromatic rings. The maximum Gasteiger partial charge on any atom is 0.205 e. The Bertz CT molecular complexity index is 447. The molecule has 4 saturated heterocycles. The van der Waals surface area contributed by atoms with Gasteiger partial charge in [-0.05, 0) is 38.1 Å². The summed E-state index contributed by atoms with van der Waals surface area (Å²) in [7, 11) is 0. The Morgan fingerprint density at radius 2 is 2.22 bits per heavy atom. The lowest BCUT2D eigenvalue weighted by Crippen LogP contribution is -2.65. The summed E-state index contributed by atoms with van der Waals surface area (Å²) in [5.74, 6) is -0.799. The third-order valence-electron chi connectivity index (χ3n) is 4.60. The summed E-state index contributed by atoms with van der Waals surface area (Å²) in [5, 5.41) is 10.8. The number of hydrogen-bond acceptors (Lipinski definition) is 5. The van der Waals surface area contributed by atoms with Crippen molar-refractivity contribution in [2.75, 3.05) is 13.1 Å². The SMILES string of the molecule is O[C@]12ON[C@@H](c3ccccn3)[C@@H]1N1CCC2CC1. The molecule has 4 aliphatic heterocycles. The Balaban J connectivity index is 1.72. The number of aromatic nitrogens is 1. The molecule has 0 spiro atoms. The molecule has 5 nitrogen and oxygen atoms in total. The summed E-state index contributed by atoms with van der Waals surface area (Å²) in [4.78, 5) is 12.3. The number of nitrogens with zero attached hydrogens (tertiary/aromatic N) is 2. The van der Waals surface area contributed by atoms with Crippen LogP contribution in [0.3, 0.4) is 0 Å². The lowest BCUT2D eigenvalue weighted by Gasteiger charge is -2.51. The maximum absolute atomic E-state index is 10.8. The van der Waals surface area contributed by atoms with Gasteiger partial charge in [0.05, 0.1) is 17.8 Å². The molecule has 0 amide bonds. The first-order chi connectivity index (χ1) is 8.79. The van der Waals surface area contributed by atoms with Gasteiger partial charge in [0, 0.05) is 12.1 Å². The quantitative estimate of drug-likeness (QED) is 0.754. The van der Waals surface area contributed by atoms with Gasteiger partial charge in [0.25, 0.3) is 0 Å². The number of piperidine rings is 3. The summed E-state index contributed by atoms with van der Waals surface area (Å²) in [6.07, 6.45) is 3.82. The summed E-state index contributed by atoms with van der Waals surface area (Å²) in [6.45, 7) is 2.10. The highest BCUT2D eigenvalue weighted by Gasteiger charge is 2.61. The molecular formula is C13H17N3O2. The Morgan fingerprint density at radius 3 is 2.94 bits per heavy atom. The third kappa shape index (κ3) is 1.33. The second kappa shape index (κ2) is 3.74. The van der Waals surface area contributed by atoms with E-state index >= 15 is 0 Å². The number of rotatable bonds is 1. The summed E-state index contributed by atoms with van der Waals surface area (Å²) in [6, 6.07) is 5.80. The monoisotopic (exact) mass is 247 g/mol. The van der Waals surface area contributed by atoms with E-state index in [4.69, 9.17) is 4.84 Å². The van der Waals surface area contributed by atoms with Crippen LogP contribution in [0.15, 0.2) is 24.4 Å². The zero-order chi connectivity index (χ0) is 12.2. The van der Waals surface area contributed by atoms with Crippen molar-refractivity contribution in [3.63, 3.8) is 0 Å². The molecule has 4 fully saturated rings. The van der Waals surface area contributed by atoms with Gasteiger partial charge < -0.3 is 5.11 Å². The second-order valence-electron chi connectivity index (χ2n) is 5.46. The smallest absolute Gasteiger partial charge is 0.205 e. The predicted molar refractivity (Wildman–Crippen MR) is 64.2 cm³/mol. The summed E-state index contributed by atoms with van der Waals surface area (Å²) >= 11 is 0. The van der Waals surface area contributed by atoms with E-state index in [1.54, 1.807) is 6.20 Å². The third-order valence-corrected chi connectivity index (χ3v) is 4.60. The topological polar surface area (TPSA) is 57.6 Å². The standard InChI is InChI=1S/C13H17N3O2/c17-13-9-4-7-16(8-5-9)12(13)11(15-18-13)10-3-1-2-6-14-10/h1-3,6,9,11-12,15,17H,4-5,7-8H2/t11-,12-,13+/m0/s1. The molecule has 2 bridgehead atoms. The van der Waals surface area contributed by atoms with E-state index in [1.807, 2.05) is 18.2 Å². The predicted octanol–water partition coefficient (Wildman–Crippen LogP) is 0.440. The molecule has 0 radical (unpaired) electrons. The van der Waals surface area contributed by atoms with Crippen molar-refractivity contribution >= 4 is 0 Å². The lowest BCUT2D eigenvalue weighted by molar-refractivity contribution is -0.285. The number of hydrogen-bond donors (Lipinski definition) is 2. The molecule has 96 valence electrons. The molecule has 18 heavy (non-hydrogen) atoms. The van der Waals surface area contributed by atoms with Crippen LogP contribution in [0, 0.1) is 5.92 Å². The fourth-order valence-corrected chi connectivity index (χ4v) is 3.69. The van der Waals surface area contributed by atoms with Gasteiger partial charge in [-0.25, -0.2) is 0 Å². The average molecular weight is 247 g/mol. The van der Waals surface area contributed by atoms with Crippen molar-refractivity contribution < 1.29 is 9.94 Å². The summed E-state index contributed by atoms with van der Waals surface area (Å²) in [5.41, 5.74) is 3.94. The van der Waals surface area contributed by atoms with Gasteiger partial charge >= 0.3 is 0 Å². The van der Waals surface area contributed by atoms with Gasteiger partial charge in [-0.1, -0.05) is 6.07 Å². The molecule has 5 heterocycles. The molecule has 0 unspecified atom stereocenters. The normalized spacial score (nSPS) is 46.1. The first-order valence-electron chi connectivity index (χ1n) is 6.60. The van der Waals surface area contributed by atoms with E-state index in [0.29, 0.717) is 0 Å². The van der Waals surface area contributed by atoms with Crippen molar-refractivity contribution in [1.82, 2.24) is 15.4 Å². The van der Waals surface area contributed by atoms with E-state index in [2.05, 4.69) is 15.4 Å². The molecule has 3 atom stereocenters. The van der Waals surface area contributed by atoms with Crippen LogP contribution in [0.25, 0.3) is 0 Å². The van der Waals surface area contributed by atoms with Crippen LogP contribution < -0.4 is 5.48 Å². The fourth-order valence-electron chi connectivity index (χ4n) is 3.69. The van der Waals surface area contributed by atoms with E-state index in [9.17, 15) is 5.11 Å². The van der Waals surface area contributed by atoms with E-state index in [0.717, 1.165) is 31.6 Å². The van der Waals surface area contributed by atoms with Crippen molar-refractivity contribution in [1.29, 1.82) is 0 Å². The zero-order valence-corrected chi connectivity index (χ0v) is 10.1. The molecular weight excluding hydrogens is 230 g/mol. The number of fused-ring (bicyclic) bond motifs is 2. The summed E-state index contributed by atoms with van der Waals surface area (Å²) < 4.78 is 0. The van der Waals surface area contributed by atoms with Crippen molar-refractivity contribution in [2.24, 2.45) is 5.92 Å². The molecule has 0 aromatic carbocycles. The Hall–Kier alpha value is -1.01. The number of pyridine rings is 1. The molecule has 2 N–H and O–H groups in total. The van der Waals surface area contributed by atoms with Crippen LogP contribution in [0.1, 0.15) is 24.6 Å². The van der Waals surface area contributed by atoms with Crippen LogP contribution >= 0.6 is 0 Å². The minimum atomic E-state index is -1.04. The van der Waals surface area contributed by atoms with Crippen molar-refractivity contribution in [2.45, 2.75) is 30.7 Å². The van der Waals surface area contributed by atoms with Gasteiger partial charge in [0.15, 0.2) is 0 Å². The molecule has 4 aliphatic rings. The van der Waals surface area contributed by atoms with Gasteiger partial charge in [-0.15, -0.1) is 0 Å². The van der Waals surface area contributed by atoms with E-state index in [1.165, 1.54) is 0 Å². The number of hydroxylamine groups is 1. The molecule has 0 saturated carbocycles. The lowest BCUT2D eigenvalue weighted by atomic mass is 9.75. The highest BCUT2D eigenvalue weighted by atomic mass is 16.8. The average Bonchev–Trinajstić information content (AvgIpc) is 2.81. The van der Waals surface area contributed by atoms with Gasteiger partial charge in [-0.3, -0.25) is 14.7 Å². The number of nitrogens with one attached hydrogen (secondary N) is 1. The first-order valence-corrected chi connectivity index (χ1v) is 6.60. The van der Waals surface area contributed by atoms with Crippen LogP contribution in [0.4, 0.5) is 0 Å². The van der Waals surface area contributed by atoms with Crippen molar-refractivity contribution in [3.05, 3.63) is 30.1 Å². The van der Waals surface area contributed by atoms with Crippen LogP contribution in [0.5, 0.6) is 0 Å². The minimum absolute atomic E-state index is 0.0140. The Labute approximate surface area is 106 Å². The van der Waals surface area contributed by atoms with Crippen LogP contribution in [-0.4, -0.2) is 39.9 Å². The van der Waals surface area contributed by atoms with Crippen LogP contribution in [-0.2, 0) is 4.84 Å². The first kappa shape index (κ1) is 10.9. The Morgan fingerprint density at radius 1 is 1.39 bits per heavy atom. The van der Waals surface area contributed by atoms with Gasteiger partial charge in [0.1, 0.15) is 0 Å². The molecule has 0 aliphatic carbocycles. The molecule has 5 heteroatoms. The van der Waals surface area contributed by atoms with E-state index < -0.39 is 5.79 Å². The maximum atomic E-state index is 10.8. The molecule has 1 aromatic heterocycles. The van der Waals surface area contributed by atoms with Gasteiger partial charge in [-0.2, -0.15) is 5.48 Å². The van der Waals surface area contributed by atoms with Crippen molar-refractivity contribution in [3.8, 4) is 0 Å². The largest absolute Gasteiger partial charge is 0.363 e. The van der Waals surface area contributed by atoms with E-state index in [-0.39, 0.29) is 18.0 Å². The minimum Gasteiger partial charge on any atom is -0.363 e. The molecule has 5 rings (SSSR count). The van der Waals surface area contributed by atoms with Gasteiger partial charge in [0.2, 0.25) is 5.79 Å². The zero-order valence-electron chi connectivity index (χ0n) is 10.1. The van der Waals surface area contributed by atoms with Crippen LogP contribution in [0.2, 0.25) is 0 Å². The number of aliphatic hydroxyl groups is 1. The Kier molecular flexibility index (Phi) is 2.26. The highest BCUT2D eigenvalue weighted by molar-refractivity contribution is 5.18. The fraction of sp³-hybridized carbons (Fsp3) is 0.615.